The van der Waals surface area contributed by atoms with Crippen LogP contribution in [-0.2, 0) is 14.3 Å². The van der Waals surface area contributed by atoms with Crippen LogP contribution < -0.4 is 5.32 Å². The minimum atomic E-state index is -0.507. The number of likely N-dealkylation sites (tertiary alicyclic amines) is 1. The van der Waals surface area contributed by atoms with E-state index in [1.54, 1.807) is 12.0 Å². The molecule has 146 valence electrons. The molecule has 1 aliphatic heterocycles. The second-order valence-electron chi connectivity index (χ2n) is 7.54. The lowest BCUT2D eigenvalue weighted by atomic mass is 9.91. The van der Waals surface area contributed by atoms with Gasteiger partial charge in [0.25, 0.3) is 0 Å². The molecule has 1 heterocycles. The van der Waals surface area contributed by atoms with Crippen molar-refractivity contribution in [2.45, 2.75) is 71.1 Å². The summed E-state index contributed by atoms with van der Waals surface area (Å²) in [7, 11) is 5.47. The molecule has 1 aliphatic rings. The number of hydrogen-bond acceptors (Lipinski definition) is 4. The maximum Gasteiger partial charge on any atom is 0.242 e. The van der Waals surface area contributed by atoms with E-state index < -0.39 is 5.54 Å². The average Bonchev–Trinajstić information content (AvgIpc) is 2.95. The van der Waals surface area contributed by atoms with Crippen LogP contribution in [0.5, 0.6) is 0 Å². The second-order valence-corrected chi connectivity index (χ2v) is 7.54. The zero-order valence-electron chi connectivity index (χ0n) is 17.1. The summed E-state index contributed by atoms with van der Waals surface area (Å²) < 4.78 is 5.60. The number of ether oxygens (including phenoxy) is 1. The summed E-state index contributed by atoms with van der Waals surface area (Å²) in [4.78, 5) is 29.1. The maximum atomic E-state index is 12.7. The molecule has 0 radical (unpaired) electrons. The molecule has 4 unspecified atom stereocenters. The van der Waals surface area contributed by atoms with E-state index in [-0.39, 0.29) is 30.5 Å². The van der Waals surface area contributed by atoms with Crippen LogP contribution in [0.25, 0.3) is 0 Å². The molecule has 1 fully saturated rings. The first-order valence-corrected chi connectivity index (χ1v) is 9.50. The van der Waals surface area contributed by atoms with Gasteiger partial charge in [-0.2, -0.15) is 0 Å². The number of nitrogens with one attached hydrogen (secondary N) is 1. The van der Waals surface area contributed by atoms with Gasteiger partial charge in [-0.15, -0.1) is 0 Å². The molecule has 0 aliphatic carbocycles. The highest BCUT2D eigenvalue weighted by atomic mass is 16.5. The number of carbonyl (C=O) groups is 2. The predicted molar refractivity (Wildman–Crippen MR) is 100 cm³/mol. The van der Waals surface area contributed by atoms with Crippen LogP contribution in [0.3, 0.4) is 0 Å². The SMILES string of the molecule is CCC(C)C(C(CC)OC)N(C)C(=O)CNC(=O)C1(C)CCCN1C. The standard InChI is InChI=1S/C19H37N3O3/c1-8-14(3)17(15(9-2)25-7)22(6)16(23)13-20-18(24)19(4)11-10-12-21(19)5/h14-15,17H,8-13H2,1-7H3,(H,20,24). The molecule has 0 bridgehead atoms. The Morgan fingerprint density at radius 2 is 1.96 bits per heavy atom. The van der Waals surface area contributed by atoms with Gasteiger partial charge in [0, 0.05) is 14.2 Å². The molecular weight excluding hydrogens is 318 g/mol. The zero-order valence-corrected chi connectivity index (χ0v) is 17.1. The number of rotatable bonds is 9. The molecule has 0 aromatic carbocycles. The van der Waals surface area contributed by atoms with E-state index in [0.29, 0.717) is 5.92 Å². The summed E-state index contributed by atoms with van der Waals surface area (Å²) in [6, 6.07) is 0.00847. The molecule has 25 heavy (non-hydrogen) atoms. The lowest BCUT2D eigenvalue weighted by molar-refractivity contribution is -0.139. The van der Waals surface area contributed by atoms with Gasteiger partial charge in [0.1, 0.15) is 0 Å². The smallest absolute Gasteiger partial charge is 0.242 e. The quantitative estimate of drug-likeness (QED) is 0.686. The van der Waals surface area contributed by atoms with E-state index >= 15 is 0 Å². The van der Waals surface area contributed by atoms with Crippen molar-refractivity contribution < 1.29 is 14.3 Å². The average molecular weight is 356 g/mol. The Kier molecular flexibility index (Phi) is 8.35. The molecule has 4 atom stereocenters. The first-order valence-electron chi connectivity index (χ1n) is 9.50. The summed E-state index contributed by atoms with van der Waals surface area (Å²) >= 11 is 0. The minimum absolute atomic E-state index is 0.00177. The van der Waals surface area contributed by atoms with Crippen LogP contribution in [0, 0.1) is 5.92 Å². The molecule has 0 spiro atoms. The van der Waals surface area contributed by atoms with E-state index in [1.165, 1.54) is 0 Å². The van der Waals surface area contributed by atoms with Gasteiger partial charge in [-0.3, -0.25) is 14.5 Å². The van der Waals surface area contributed by atoms with Crippen LogP contribution in [0.2, 0.25) is 0 Å². The summed E-state index contributed by atoms with van der Waals surface area (Å²) in [5.41, 5.74) is -0.507. The lowest BCUT2D eigenvalue weighted by Crippen LogP contribution is -2.55. The Morgan fingerprint density at radius 3 is 2.40 bits per heavy atom. The number of carbonyl (C=O) groups excluding carboxylic acids is 2. The summed E-state index contributed by atoms with van der Waals surface area (Å²) in [6.07, 6.45) is 3.65. The van der Waals surface area contributed by atoms with Crippen LogP contribution in [0.1, 0.15) is 53.4 Å². The fourth-order valence-corrected chi connectivity index (χ4v) is 3.81. The predicted octanol–water partition coefficient (Wildman–Crippen LogP) is 1.89. The molecule has 1 saturated heterocycles. The fourth-order valence-electron chi connectivity index (χ4n) is 3.81. The third kappa shape index (κ3) is 4.94. The van der Waals surface area contributed by atoms with Gasteiger partial charge < -0.3 is 15.0 Å². The highest BCUT2D eigenvalue weighted by Gasteiger charge is 2.41. The fraction of sp³-hybridized carbons (Fsp3) is 0.895. The van der Waals surface area contributed by atoms with Crippen molar-refractivity contribution in [3.05, 3.63) is 0 Å². The van der Waals surface area contributed by atoms with Crippen molar-refractivity contribution in [2.75, 3.05) is 34.3 Å². The Balaban J connectivity index is 2.72. The molecule has 0 aromatic heterocycles. The number of methoxy groups -OCH3 is 1. The van der Waals surface area contributed by atoms with Gasteiger partial charge >= 0.3 is 0 Å². The first kappa shape index (κ1) is 21.9. The molecular formula is C19H37N3O3. The molecule has 1 rings (SSSR count). The van der Waals surface area contributed by atoms with Crippen molar-refractivity contribution in [3.63, 3.8) is 0 Å². The van der Waals surface area contributed by atoms with Crippen molar-refractivity contribution in [1.82, 2.24) is 15.1 Å². The second kappa shape index (κ2) is 9.53. The van der Waals surface area contributed by atoms with Crippen LogP contribution in [0.4, 0.5) is 0 Å². The van der Waals surface area contributed by atoms with Crippen molar-refractivity contribution in [2.24, 2.45) is 5.92 Å². The van der Waals surface area contributed by atoms with Crippen molar-refractivity contribution >= 4 is 11.8 Å². The van der Waals surface area contributed by atoms with Gasteiger partial charge in [0.15, 0.2) is 0 Å². The van der Waals surface area contributed by atoms with Crippen LogP contribution in [-0.4, -0.2) is 73.6 Å². The summed E-state index contributed by atoms with van der Waals surface area (Å²) in [5, 5.41) is 2.85. The largest absolute Gasteiger partial charge is 0.379 e. The highest BCUT2D eigenvalue weighted by molar-refractivity contribution is 5.90. The van der Waals surface area contributed by atoms with Gasteiger partial charge in [0.2, 0.25) is 11.8 Å². The van der Waals surface area contributed by atoms with E-state index in [0.717, 1.165) is 32.2 Å². The summed E-state index contributed by atoms with van der Waals surface area (Å²) in [5.74, 6) is 0.194. The number of amides is 2. The maximum absolute atomic E-state index is 12.7. The van der Waals surface area contributed by atoms with Gasteiger partial charge in [0.05, 0.1) is 24.2 Å². The minimum Gasteiger partial charge on any atom is -0.379 e. The van der Waals surface area contributed by atoms with E-state index in [9.17, 15) is 9.59 Å². The highest BCUT2D eigenvalue weighted by Crippen LogP contribution is 2.27. The van der Waals surface area contributed by atoms with Gasteiger partial charge in [-0.1, -0.05) is 27.2 Å². The lowest BCUT2D eigenvalue weighted by Gasteiger charge is -2.38. The topological polar surface area (TPSA) is 61.9 Å². The zero-order chi connectivity index (χ0) is 19.2. The number of hydrogen-bond donors (Lipinski definition) is 1. The Labute approximate surface area is 153 Å². The number of likely N-dealkylation sites (N-methyl/N-ethyl adjacent to an activating group) is 2. The van der Waals surface area contributed by atoms with E-state index in [2.05, 4.69) is 31.0 Å². The monoisotopic (exact) mass is 355 g/mol. The Hall–Kier alpha value is -1.14. The van der Waals surface area contributed by atoms with Crippen molar-refractivity contribution in [3.8, 4) is 0 Å². The van der Waals surface area contributed by atoms with Gasteiger partial charge in [-0.05, 0) is 45.7 Å². The van der Waals surface area contributed by atoms with Crippen molar-refractivity contribution in [1.29, 1.82) is 0 Å². The first-order chi connectivity index (χ1) is 11.7. The third-order valence-corrected chi connectivity index (χ3v) is 6.04. The third-order valence-electron chi connectivity index (χ3n) is 6.04. The molecule has 0 saturated carbocycles. The Bertz CT molecular complexity index is 453. The number of nitrogens with zero attached hydrogens (tertiary/aromatic N) is 2. The van der Waals surface area contributed by atoms with E-state index in [4.69, 9.17) is 4.74 Å². The molecule has 6 heteroatoms. The Morgan fingerprint density at radius 1 is 1.32 bits per heavy atom. The van der Waals surface area contributed by atoms with Gasteiger partial charge in [-0.25, -0.2) is 0 Å². The van der Waals surface area contributed by atoms with E-state index in [1.807, 2.05) is 21.0 Å². The summed E-state index contributed by atoms with van der Waals surface area (Å²) in [6.45, 7) is 9.23. The molecule has 6 nitrogen and oxygen atoms in total. The molecule has 1 N–H and O–H groups in total. The van der Waals surface area contributed by atoms with Crippen LogP contribution >= 0.6 is 0 Å². The van der Waals surface area contributed by atoms with Crippen LogP contribution in [0.15, 0.2) is 0 Å². The molecule has 0 aromatic rings. The molecule has 2 amide bonds. The normalized spacial score (nSPS) is 24.6.